The molecule has 0 bridgehead atoms. The van der Waals surface area contributed by atoms with E-state index in [-0.39, 0.29) is 12.6 Å². The number of nitrogens with one attached hydrogen (secondary N) is 1. The molecule has 2 saturated heterocycles. The van der Waals surface area contributed by atoms with E-state index in [4.69, 9.17) is 5.11 Å². The molecule has 2 aliphatic heterocycles. The number of halogens is 6. The van der Waals surface area contributed by atoms with E-state index in [1.165, 1.54) is 4.90 Å². The molecule has 44 heavy (non-hydrogen) atoms. The molecular formula is C31H38F6N4O2S. The van der Waals surface area contributed by atoms with E-state index in [1.54, 1.807) is 24.3 Å². The maximum atomic E-state index is 14.3. The van der Waals surface area contributed by atoms with Gasteiger partial charge in [0.1, 0.15) is 0 Å². The van der Waals surface area contributed by atoms with Crippen molar-refractivity contribution in [1.29, 1.82) is 0 Å². The summed E-state index contributed by atoms with van der Waals surface area (Å²) in [6.07, 6.45) is -7.12. The molecule has 4 rings (SSSR count). The van der Waals surface area contributed by atoms with Crippen molar-refractivity contribution in [2.45, 2.75) is 60.9 Å². The molecule has 13 heteroatoms. The van der Waals surface area contributed by atoms with Crippen LogP contribution < -0.4 is 5.32 Å². The highest BCUT2D eigenvalue weighted by Gasteiger charge is 2.46. The van der Waals surface area contributed by atoms with E-state index >= 15 is 0 Å². The normalized spacial score (nSPS) is 18.0. The summed E-state index contributed by atoms with van der Waals surface area (Å²) in [5, 5.41) is 12.5. The number of benzene rings is 2. The number of carbonyl (C=O) groups is 1. The fourth-order valence-electron chi connectivity index (χ4n) is 5.58. The lowest BCUT2D eigenvalue weighted by molar-refractivity contribution is -0.163. The van der Waals surface area contributed by atoms with Gasteiger partial charge in [-0.25, -0.2) is 0 Å². The van der Waals surface area contributed by atoms with Crippen LogP contribution in [0.1, 0.15) is 43.4 Å². The first kappa shape index (κ1) is 34.1. The van der Waals surface area contributed by atoms with Crippen LogP contribution in [0, 0.1) is 0 Å². The molecule has 1 amide bonds. The highest BCUT2D eigenvalue weighted by Crippen LogP contribution is 2.48. The minimum absolute atomic E-state index is 0.0375. The number of piperidine rings is 1. The number of piperazine rings is 1. The topological polar surface area (TPSA) is 59.1 Å². The largest absolute Gasteiger partial charge is 0.418 e. The quantitative estimate of drug-likeness (QED) is 0.247. The average Bonchev–Trinajstić information content (AvgIpc) is 2.96. The second kappa shape index (κ2) is 14.6. The number of rotatable bonds is 9. The third-order valence-corrected chi connectivity index (χ3v) is 9.01. The third-order valence-electron chi connectivity index (χ3n) is 7.96. The molecule has 0 saturated carbocycles. The summed E-state index contributed by atoms with van der Waals surface area (Å²) >= 11 is 0.622. The highest BCUT2D eigenvalue weighted by atomic mass is 32.2. The SMILES string of the molecule is CC(C)N1CCC(Nc2cccc(Sc3ccc(C=CC(=O)N4CCN(CCO)CC4)c(C(F)(F)F)c3C(F)(F)F)c2)CC1. The molecule has 0 aromatic heterocycles. The van der Waals surface area contributed by atoms with Crippen LogP contribution in [-0.4, -0.2) is 90.2 Å². The first-order valence-corrected chi connectivity index (χ1v) is 15.5. The zero-order valence-electron chi connectivity index (χ0n) is 24.7. The van der Waals surface area contributed by atoms with E-state index in [1.807, 2.05) is 4.90 Å². The maximum Gasteiger partial charge on any atom is 0.418 e. The first-order chi connectivity index (χ1) is 20.8. The number of nitrogens with zero attached hydrogens (tertiary/aromatic N) is 3. The lowest BCUT2D eigenvalue weighted by Crippen LogP contribution is -2.48. The molecule has 0 atom stereocenters. The van der Waals surface area contributed by atoms with Gasteiger partial charge in [0, 0.05) is 79.5 Å². The molecule has 2 aromatic carbocycles. The number of hydrogen-bond acceptors (Lipinski definition) is 6. The number of likely N-dealkylation sites (tertiary alicyclic amines) is 1. The Morgan fingerprint density at radius 3 is 2.23 bits per heavy atom. The van der Waals surface area contributed by atoms with E-state index in [9.17, 15) is 31.1 Å². The summed E-state index contributed by atoms with van der Waals surface area (Å²) in [7, 11) is 0. The fourth-order valence-corrected chi connectivity index (χ4v) is 6.62. The molecular weight excluding hydrogens is 606 g/mol. The molecule has 2 fully saturated rings. The van der Waals surface area contributed by atoms with Crippen molar-refractivity contribution in [3.05, 3.63) is 59.2 Å². The molecule has 2 aromatic rings. The lowest BCUT2D eigenvalue weighted by Gasteiger charge is -2.35. The van der Waals surface area contributed by atoms with E-state index in [0.29, 0.717) is 61.1 Å². The van der Waals surface area contributed by atoms with Gasteiger partial charge in [-0.3, -0.25) is 9.69 Å². The van der Waals surface area contributed by atoms with E-state index in [2.05, 4.69) is 24.1 Å². The second-order valence-corrected chi connectivity index (χ2v) is 12.4. The van der Waals surface area contributed by atoms with Gasteiger partial charge in [-0.15, -0.1) is 0 Å². The van der Waals surface area contributed by atoms with Crippen LogP contribution in [0.4, 0.5) is 32.0 Å². The van der Waals surface area contributed by atoms with Crippen molar-refractivity contribution < 1.29 is 36.2 Å². The van der Waals surface area contributed by atoms with Crippen LogP contribution in [0.15, 0.2) is 52.3 Å². The molecule has 242 valence electrons. The van der Waals surface area contributed by atoms with Crippen LogP contribution in [0.5, 0.6) is 0 Å². The minimum Gasteiger partial charge on any atom is -0.395 e. The summed E-state index contributed by atoms with van der Waals surface area (Å²) in [5.74, 6) is -0.590. The van der Waals surface area contributed by atoms with Crippen molar-refractivity contribution in [2.75, 3.05) is 57.7 Å². The predicted molar refractivity (Wildman–Crippen MR) is 160 cm³/mol. The molecule has 0 aliphatic carbocycles. The van der Waals surface area contributed by atoms with E-state index < -0.39 is 39.8 Å². The number of hydrogen-bond donors (Lipinski definition) is 2. The van der Waals surface area contributed by atoms with Gasteiger partial charge in [0.25, 0.3) is 0 Å². The number of carbonyl (C=O) groups excluding carboxylic acids is 1. The number of β-amino-alcohol motifs (C(OH)–C–C–N with tert-alkyl or cyclic N) is 1. The van der Waals surface area contributed by atoms with Gasteiger partial charge < -0.3 is 20.2 Å². The maximum absolute atomic E-state index is 14.3. The summed E-state index contributed by atoms with van der Waals surface area (Å²) in [4.78, 5) is 18.2. The van der Waals surface area contributed by atoms with Gasteiger partial charge in [0.05, 0.1) is 17.7 Å². The summed E-state index contributed by atoms with van der Waals surface area (Å²) < 4.78 is 85.8. The molecule has 2 aliphatic rings. The van der Waals surface area contributed by atoms with Gasteiger partial charge >= 0.3 is 12.4 Å². The Labute approximate surface area is 258 Å². The summed E-state index contributed by atoms with van der Waals surface area (Å²) in [6, 6.07) is 9.32. The van der Waals surface area contributed by atoms with Crippen molar-refractivity contribution in [3.8, 4) is 0 Å². The van der Waals surface area contributed by atoms with Crippen molar-refractivity contribution >= 4 is 29.4 Å². The standard InChI is InChI=1S/C31H38F6N4O2S/c1-21(2)40-12-10-23(11-13-40)38-24-4-3-5-25(20-24)44-26-8-6-22(28(30(32,33)34)29(26)31(35,36)37)7-9-27(43)41-16-14-39(15-17-41)18-19-42/h3-9,20-21,23,38,42H,10-19H2,1-2H3. The number of amides is 1. The highest BCUT2D eigenvalue weighted by molar-refractivity contribution is 7.99. The smallest absolute Gasteiger partial charge is 0.395 e. The Balaban J connectivity index is 1.56. The molecule has 0 unspecified atom stereocenters. The Hall–Kier alpha value is -2.74. The Morgan fingerprint density at radius 2 is 1.64 bits per heavy atom. The van der Waals surface area contributed by atoms with Crippen molar-refractivity contribution in [2.24, 2.45) is 0 Å². The second-order valence-electron chi connectivity index (χ2n) is 11.3. The van der Waals surface area contributed by atoms with Crippen LogP contribution in [0.25, 0.3) is 6.08 Å². The first-order valence-electron chi connectivity index (χ1n) is 14.7. The van der Waals surface area contributed by atoms with Gasteiger partial charge in [-0.1, -0.05) is 23.9 Å². The Kier molecular flexibility index (Phi) is 11.3. The zero-order valence-corrected chi connectivity index (χ0v) is 25.5. The minimum atomic E-state index is -5.33. The van der Waals surface area contributed by atoms with Crippen LogP contribution in [0.3, 0.4) is 0 Å². The monoisotopic (exact) mass is 644 g/mol. The molecule has 0 radical (unpaired) electrons. The van der Waals surface area contributed by atoms with Crippen LogP contribution in [0.2, 0.25) is 0 Å². The molecule has 2 N–H and O–H groups in total. The van der Waals surface area contributed by atoms with Crippen LogP contribution >= 0.6 is 11.8 Å². The number of aliphatic hydroxyl groups is 1. The average molecular weight is 645 g/mol. The predicted octanol–water partition coefficient (Wildman–Crippen LogP) is 6.31. The van der Waals surface area contributed by atoms with Gasteiger partial charge in [-0.2, -0.15) is 26.3 Å². The molecule has 2 heterocycles. The van der Waals surface area contributed by atoms with Gasteiger partial charge in [0.2, 0.25) is 5.91 Å². The van der Waals surface area contributed by atoms with E-state index in [0.717, 1.165) is 50.2 Å². The Morgan fingerprint density at radius 1 is 0.977 bits per heavy atom. The zero-order chi connectivity index (χ0) is 32.1. The van der Waals surface area contributed by atoms with Gasteiger partial charge in [-0.05, 0) is 62.6 Å². The van der Waals surface area contributed by atoms with Crippen LogP contribution in [-0.2, 0) is 17.1 Å². The fraction of sp³-hybridized carbons (Fsp3) is 0.516. The summed E-state index contributed by atoms with van der Waals surface area (Å²) in [6.45, 7) is 8.08. The number of anilines is 1. The van der Waals surface area contributed by atoms with Crippen molar-refractivity contribution in [3.63, 3.8) is 0 Å². The molecule has 6 nitrogen and oxygen atoms in total. The van der Waals surface area contributed by atoms with Crippen molar-refractivity contribution in [1.82, 2.24) is 14.7 Å². The molecule has 0 spiro atoms. The number of alkyl halides is 6. The van der Waals surface area contributed by atoms with Gasteiger partial charge in [0.15, 0.2) is 0 Å². The number of aliphatic hydroxyl groups excluding tert-OH is 1. The third kappa shape index (κ3) is 8.92. The Bertz CT molecular complexity index is 1300. The lowest BCUT2D eigenvalue weighted by atomic mass is 9.99. The summed E-state index contributed by atoms with van der Waals surface area (Å²) in [5.41, 5.74) is -3.64.